The number of methoxy groups -OCH3 is 1. The molecule has 2 nitrogen and oxygen atoms in total. The Morgan fingerprint density at radius 1 is 1.64 bits per heavy atom. The fraction of sp³-hybridized carbons (Fsp3) is 0.778. The molecule has 66 valence electrons. The van der Waals surface area contributed by atoms with Crippen molar-refractivity contribution in [3.63, 3.8) is 0 Å². The first kappa shape index (κ1) is 10.7. The van der Waals surface area contributed by atoms with E-state index in [1.165, 1.54) is 5.57 Å². The highest BCUT2D eigenvalue weighted by molar-refractivity contribution is 5.00. The summed E-state index contributed by atoms with van der Waals surface area (Å²) in [5.74, 6) is 0. The molecular formula is C9H19NO. The summed E-state index contributed by atoms with van der Waals surface area (Å²) < 4.78 is 4.99. The summed E-state index contributed by atoms with van der Waals surface area (Å²) in [6, 6.07) is 0.417. The average molecular weight is 157 g/mol. The van der Waals surface area contributed by atoms with Gasteiger partial charge in [0.2, 0.25) is 0 Å². The molecule has 1 atom stereocenters. The summed E-state index contributed by atoms with van der Waals surface area (Å²) in [6.07, 6.45) is 1.01. The van der Waals surface area contributed by atoms with E-state index in [2.05, 4.69) is 18.8 Å². The van der Waals surface area contributed by atoms with E-state index in [1.54, 1.807) is 7.11 Å². The van der Waals surface area contributed by atoms with Crippen LogP contribution in [-0.2, 0) is 4.74 Å². The van der Waals surface area contributed by atoms with Crippen LogP contribution in [0.1, 0.15) is 20.3 Å². The van der Waals surface area contributed by atoms with Gasteiger partial charge in [-0.1, -0.05) is 19.1 Å². The average Bonchev–Trinajstić information content (AvgIpc) is 1.97. The molecule has 11 heavy (non-hydrogen) atoms. The lowest BCUT2D eigenvalue weighted by Gasteiger charge is -2.16. The van der Waals surface area contributed by atoms with Gasteiger partial charge in [0.05, 0.1) is 0 Å². The van der Waals surface area contributed by atoms with Crippen LogP contribution in [0.3, 0.4) is 0 Å². The van der Waals surface area contributed by atoms with Crippen LogP contribution in [0, 0.1) is 0 Å². The van der Waals surface area contributed by atoms with Crippen LogP contribution in [0.2, 0.25) is 0 Å². The van der Waals surface area contributed by atoms with E-state index < -0.39 is 0 Å². The Morgan fingerprint density at radius 3 is 2.64 bits per heavy atom. The second kappa shape index (κ2) is 6.38. The summed E-state index contributed by atoms with van der Waals surface area (Å²) in [7, 11) is 1.72. The summed E-state index contributed by atoms with van der Waals surface area (Å²) in [5.41, 5.74) is 1.18. The lowest BCUT2D eigenvalue weighted by molar-refractivity contribution is 0.187. The van der Waals surface area contributed by atoms with E-state index in [9.17, 15) is 0 Å². The molecule has 0 aromatic carbocycles. The van der Waals surface area contributed by atoms with Gasteiger partial charge in [-0.3, -0.25) is 0 Å². The molecule has 0 aromatic rings. The molecule has 0 amide bonds. The highest BCUT2D eigenvalue weighted by atomic mass is 16.5. The number of nitrogens with one attached hydrogen (secondary N) is 1. The van der Waals surface area contributed by atoms with E-state index in [0.717, 1.165) is 19.6 Å². The van der Waals surface area contributed by atoms with Gasteiger partial charge in [-0.15, -0.1) is 0 Å². The van der Waals surface area contributed by atoms with Gasteiger partial charge in [-0.25, -0.2) is 0 Å². The fourth-order valence-corrected chi connectivity index (χ4v) is 1.00. The summed E-state index contributed by atoms with van der Waals surface area (Å²) in [6.45, 7) is 9.84. The number of hydrogen-bond acceptors (Lipinski definition) is 2. The summed E-state index contributed by atoms with van der Waals surface area (Å²) in [4.78, 5) is 0. The quantitative estimate of drug-likeness (QED) is 0.591. The Hall–Kier alpha value is -0.340. The molecule has 0 radical (unpaired) electrons. The Balaban J connectivity index is 3.60. The number of ether oxygens (including phenoxy) is 1. The fourth-order valence-electron chi connectivity index (χ4n) is 1.00. The maximum absolute atomic E-state index is 4.99. The van der Waals surface area contributed by atoms with Crippen LogP contribution in [0.4, 0.5) is 0 Å². The van der Waals surface area contributed by atoms with Crippen molar-refractivity contribution >= 4 is 0 Å². The normalized spacial score (nSPS) is 13.0. The van der Waals surface area contributed by atoms with Crippen LogP contribution >= 0.6 is 0 Å². The van der Waals surface area contributed by atoms with Crippen LogP contribution in [0.15, 0.2) is 12.2 Å². The molecule has 0 heterocycles. The van der Waals surface area contributed by atoms with Gasteiger partial charge in [-0.05, 0) is 19.9 Å². The first-order chi connectivity index (χ1) is 5.22. The maximum Gasteiger partial charge on any atom is 0.0480 e. The minimum atomic E-state index is 0.417. The molecule has 0 aliphatic heterocycles. The van der Waals surface area contributed by atoms with Crippen molar-refractivity contribution in [3.8, 4) is 0 Å². The van der Waals surface area contributed by atoms with Crippen molar-refractivity contribution in [1.29, 1.82) is 0 Å². The van der Waals surface area contributed by atoms with Crippen LogP contribution < -0.4 is 5.32 Å². The Kier molecular flexibility index (Phi) is 6.18. The number of hydrogen-bond donors (Lipinski definition) is 1. The van der Waals surface area contributed by atoms with Crippen molar-refractivity contribution in [1.82, 2.24) is 5.32 Å². The lowest BCUT2D eigenvalue weighted by Crippen LogP contribution is -2.30. The largest absolute Gasteiger partial charge is 0.385 e. The third kappa shape index (κ3) is 4.99. The van der Waals surface area contributed by atoms with Gasteiger partial charge in [0.1, 0.15) is 0 Å². The first-order valence-electron chi connectivity index (χ1n) is 4.10. The van der Waals surface area contributed by atoms with Crippen molar-refractivity contribution in [2.24, 2.45) is 0 Å². The SMILES string of the molecule is C=C(C)C(CCOC)NCC. The molecule has 0 fully saturated rings. The van der Waals surface area contributed by atoms with E-state index in [4.69, 9.17) is 4.74 Å². The topological polar surface area (TPSA) is 21.3 Å². The number of rotatable bonds is 6. The molecule has 1 unspecified atom stereocenters. The minimum absolute atomic E-state index is 0.417. The van der Waals surface area contributed by atoms with Gasteiger partial charge in [0, 0.05) is 19.8 Å². The van der Waals surface area contributed by atoms with Gasteiger partial charge < -0.3 is 10.1 Å². The van der Waals surface area contributed by atoms with Gasteiger partial charge >= 0.3 is 0 Å². The second-order valence-corrected chi connectivity index (χ2v) is 2.74. The predicted molar refractivity (Wildman–Crippen MR) is 48.8 cm³/mol. The first-order valence-corrected chi connectivity index (χ1v) is 4.10. The molecule has 0 saturated heterocycles. The number of likely N-dealkylation sites (N-methyl/N-ethyl adjacent to an activating group) is 1. The predicted octanol–water partition coefficient (Wildman–Crippen LogP) is 1.58. The monoisotopic (exact) mass is 157 g/mol. The molecule has 0 spiro atoms. The summed E-state index contributed by atoms with van der Waals surface area (Å²) >= 11 is 0. The van der Waals surface area contributed by atoms with E-state index in [-0.39, 0.29) is 0 Å². The lowest BCUT2D eigenvalue weighted by atomic mass is 10.1. The highest BCUT2D eigenvalue weighted by Crippen LogP contribution is 2.02. The minimum Gasteiger partial charge on any atom is -0.385 e. The van der Waals surface area contributed by atoms with Gasteiger partial charge in [-0.2, -0.15) is 0 Å². The molecule has 0 saturated carbocycles. The zero-order valence-electron chi connectivity index (χ0n) is 7.81. The van der Waals surface area contributed by atoms with Crippen LogP contribution in [0.25, 0.3) is 0 Å². The van der Waals surface area contributed by atoms with Crippen molar-refractivity contribution in [2.75, 3.05) is 20.3 Å². The third-order valence-corrected chi connectivity index (χ3v) is 1.66. The van der Waals surface area contributed by atoms with Gasteiger partial charge in [0.15, 0.2) is 0 Å². The van der Waals surface area contributed by atoms with Crippen LogP contribution in [-0.4, -0.2) is 26.3 Å². The smallest absolute Gasteiger partial charge is 0.0480 e. The van der Waals surface area contributed by atoms with E-state index >= 15 is 0 Å². The van der Waals surface area contributed by atoms with E-state index in [0.29, 0.717) is 6.04 Å². The van der Waals surface area contributed by atoms with Crippen molar-refractivity contribution in [3.05, 3.63) is 12.2 Å². The van der Waals surface area contributed by atoms with E-state index in [1.807, 2.05) is 6.92 Å². The molecule has 0 rings (SSSR count). The molecule has 1 N–H and O–H groups in total. The molecule has 0 aliphatic carbocycles. The summed E-state index contributed by atoms with van der Waals surface area (Å²) in [5, 5.41) is 3.34. The third-order valence-electron chi connectivity index (χ3n) is 1.66. The Labute approximate surface area is 69.6 Å². The molecule has 0 aromatic heterocycles. The van der Waals surface area contributed by atoms with Gasteiger partial charge in [0.25, 0.3) is 0 Å². The zero-order chi connectivity index (χ0) is 8.69. The highest BCUT2D eigenvalue weighted by Gasteiger charge is 2.05. The van der Waals surface area contributed by atoms with Crippen LogP contribution in [0.5, 0.6) is 0 Å². The molecule has 0 bridgehead atoms. The zero-order valence-corrected chi connectivity index (χ0v) is 7.81. The Bertz CT molecular complexity index is 112. The molecule has 0 aliphatic rings. The standard InChI is InChI=1S/C9H19NO/c1-5-10-9(8(2)3)6-7-11-4/h9-10H,2,5-7H2,1,3-4H3. The Morgan fingerprint density at radius 2 is 2.27 bits per heavy atom. The second-order valence-electron chi connectivity index (χ2n) is 2.74. The molecular weight excluding hydrogens is 138 g/mol. The molecule has 2 heteroatoms. The van der Waals surface area contributed by atoms with Crippen molar-refractivity contribution in [2.45, 2.75) is 26.3 Å². The van der Waals surface area contributed by atoms with Crippen molar-refractivity contribution < 1.29 is 4.74 Å². The maximum atomic E-state index is 4.99.